The zero-order valence-electron chi connectivity index (χ0n) is 9.87. The number of phenolic OH excluding ortho intramolecular Hbond substituents is 1. The Bertz CT molecular complexity index is 427. The minimum absolute atomic E-state index is 0.0595. The fourth-order valence-corrected chi connectivity index (χ4v) is 1.72. The van der Waals surface area contributed by atoms with Crippen LogP contribution in [0.4, 0.5) is 8.78 Å². The number of hydrogen-bond donors (Lipinski definition) is 1. The number of carbonyl (C=O) groups excluding carboxylic acids is 1. The van der Waals surface area contributed by atoms with Crippen molar-refractivity contribution in [3.63, 3.8) is 0 Å². The third-order valence-electron chi connectivity index (χ3n) is 2.44. The van der Waals surface area contributed by atoms with Gasteiger partial charge in [-0.15, -0.1) is 11.6 Å². The van der Waals surface area contributed by atoms with Crippen molar-refractivity contribution in [1.29, 1.82) is 0 Å². The minimum atomic E-state index is -2.60. The van der Waals surface area contributed by atoms with Crippen molar-refractivity contribution in [2.45, 2.75) is 13.3 Å². The third kappa shape index (κ3) is 3.84. The molecule has 0 unspecified atom stereocenters. The first kappa shape index (κ1) is 14.7. The molecule has 0 fully saturated rings. The maximum atomic E-state index is 12.4. The fourth-order valence-electron chi connectivity index (χ4n) is 1.52. The molecule has 18 heavy (non-hydrogen) atoms. The lowest BCUT2D eigenvalue weighted by atomic mass is 10.1. The van der Waals surface area contributed by atoms with E-state index in [1.54, 1.807) is 6.92 Å². The van der Waals surface area contributed by atoms with Gasteiger partial charge in [0.25, 0.3) is 12.3 Å². The van der Waals surface area contributed by atoms with Gasteiger partial charge in [0.15, 0.2) is 0 Å². The topological polar surface area (TPSA) is 40.5 Å². The van der Waals surface area contributed by atoms with Crippen LogP contribution in [0, 0.1) is 6.92 Å². The van der Waals surface area contributed by atoms with Crippen LogP contribution in [0.1, 0.15) is 15.9 Å². The molecular weight excluding hydrogens is 264 g/mol. The number of carbonyl (C=O) groups is 1. The Kier molecular flexibility index (Phi) is 5.34. The zero-order valence-corrected chi connectivity index (χ0v) is 10.6. The van der Waals surface area contributed by atoms with Gasteiger partial charge in [0, 0.05) is 18.0 Å². The van der Waals surface area contributed by atoms with Crippen molar-refractivity contribution in [3.05, 3.63) is 29.3 Å². The standard InChI is InChI=1S/C12H14ClF2NO2/c1-8-6-9(2-3-10(8)17)12(18)16(5-4-13)7-11(14)15/h2-3,6,11,17H,4-5,7H2,1H3. The van der Waals surface area contributed by atoms with Gasteiger partial charge in [-0.05, 0) is 30.7 Å². The molecule has 100 valence electrons. The van der Waals surface area contributed by atoms with Crippen molar-refractivity contribution in [2.75, 3.05) is 19.0 Å². The maximum Gasteiger partial charge on any atom is 0.255 e. The molecule has 0 radical (unpaired) electrons. The van der Waals surface area contributed by atoms with Gasteiger partial charge in [-0.2, -0.15) is 0 Å². The summed E-state index contributed by atoms with van der Waals surface area (Å²) < 4.78 is 24.7. The van der Waals surface area contributed by atoms with Gasteiger partial charge < -0.3 is 10.0 Å². The minimum Gasteiger partial charge on any atom is -0.508 e. The molecule has 0 aliphatic heterocycles. The molecule has 1 N–H and O–H groups in total. The molecule has 0 spiro atoms. The van der Waals surface area contributed by atoms with E-state index < -0.39 is 18.9 Å². The summed E-state index contributed by atoms with van der Waals surface area (Å²) in [7, 11) is 0. The van der Waals surface area contributed by atoms with E-state index in [1.807, 2.05) is 0 Å². The van der Waals surface area contributed by atoms with Crippen molar-refractivity contribution < 1.29 is 18.7 Å². The van der Waals surface area contributed by atoms with E-state index >= 15 is 0 Å². The van der Waals surface area contributed by atoms with Gasteiger partial charge in [-0.3, -0.25) is 4.79 Å². The SMILES string of the molecule is Cc1cc(C(=O)N(CCCl)CC(F)F)ccc1O. The highest BCUT2D eigenvalue weighted by atomic mass is 35.5. The van der Waals surface area contributed by atoms with Crippen LogP contribution in [-0.4, -0.2) is 41.3 Å². The summed E-state index contributed by atoms with van der Waals surface area (Å²) in [5, 5.41) is 9.35. The van der Waals surface area contributed by atoms with Crippen LogP contribution in [0.3, 0.4) is 0 Å². The molecule has 1 aromatic carbocycles. The second-order valence-corrected chi connectivity index (χ2v) is 4.21. The first-order valence-electron chi connectivity index (χ1n) is 5.38. The fraction of sp³-hybridized carbons (Fsp3) is 0.417. The Labute approximate surface area is 109 Å². The van der Waals surface area contributed by atoms with Crippen LogP contribution < -0.4 is 0 Å². The van der Waals surface area contributed by atoms with E-state index in [0.717, 1.165) is 4.90 Å². The van der Waals surface area contributed by atoms with Gasteiger partial charge in [-0.1, -0.05) is 0 Å². The molecule has 0 saturated carbocycles. The molecule has 0 atom stereocenters. The number of hydrogen-bond acceptors (Lipinski definition) is 2. The molecule has 0 bridgehead atoms. The number of aromatic hydroxyl groups is 1. The maximum absolute atomic E-state index is 12.4. The van der Waals surface area contributed by atoms with Gasteiger partial charge in [0.1, 0.15) is 5.75 Å². The lowest BCUT2D eigenvalue weighted by Crippen LogP contribution is -2.36. The number of aryl methyl sites for hydroxylation is 1. The summed E-state index contributed by atoms with van der Waals surface area (Å²) in [6, 6.07) is 4.23. The number of halogens is 3. The summed E-state index contributed by atoms with van der Waals surface area (Å²) in [4.78, 5) is 13.0. The Morgan fingerprint density at radius 2 is 2.17 bits per heavy atom. The van der Waals surface area contributed by atoms with E-state index in [4.69, 9.17) is 11.6 Å². The van der Waals surface area contributed by atoms with Crippen LogP contribution in [0.5, 0.6) is 5.75 Å². The predicted molar refractivity (Wildman–Crippen MR) is 65.5 cm³/mol. The van der Waals surface area contributed by atoms with Crippen LogP contribution in [0.2, 0.25) is 0 Å². The van der Waals surface area contributed by atoms with E-state index in [-0.39, 0.29) is 23.7 Å². The molecule has 1 aromatic rings. The van der Waals surface area contributed by atoms with E-state index in [0.29, 0.717) is 5.56 Å². The largest absolute Gasteiger partial charge is 0.508 e. The van der Waals surface area contributed by atoms with Crippen molar-refractivity contribution in [2.24, 2.45) is 0 Å². The second-order valence-electron chi connectivity index (χ2n) is 3.83. The summed E-state index contributed by atoms with van der Waals surface area (Å²) >= 11 is 5.49. The van der Waals surface area contributed by atoms with E-state index in [1.165, 1.54) is 18.2 Å². The Morgan fingerprint density at radius 1 is 1.50 bits per heavy atom. The zero-order chi connectivity index (χ0) is 13.7. The first-order valence-corrected chi connectivity index (χ1v) is 5.92. The number of rotatable bonds is 5. The Balaban J connectivity index is 2.90. The van der Waals surface area contributed by atoms with Crippen LogP contribution in [0.15, 0.2) is 18.2 Å². The van der Waals surface area contributed by atoms with Crippen molar-refractivity contribution >= 4 is 17.5 Å². The average Bonchev–Trinajstić information content (AvgIpc) is 2.31. The lowest BCUT2D eigenvalue weighted by molar-refractivity contribution is 0.0571. The highest BCUT2D eigenvalue weighted by molar-refractivity contribution is 6.18. The number of phenols is 1. The number of amides is 1. The quantitative estimate of drug-likeness (QED) is 0.841. The Morgan fingerprint density at radius 3 is 2.67 bits per heavy atom. The Hall–Kier alpha value is -1.36. The van der Waals surface area contributed by atoms with Crippen LogP contribution in [-0.2, 0) is 0 Å². The molecule has 3 nitrogen and oxygen atoms in total. The van der Waals surface area contributed by atoms with Crippen LogP contribution in [0.25, 0.3) is 0 Å². The third-order valence-corrected chi connectivity index (χ3v) is 2.61. The molecule has 0 aliphatic rings. The highest BCUT2D eigenvalue weighted by Gasteiger charge is 2.19. The van der Waals surface area contributed by atoms with E-state index in [9.17, 15) is 18.7 Å². The number of alkyl halides is 3. The molecule has 0 aromatic heterocycles. The molecular formula is C12H14ClF2NO2. The van der Waals surface area contributed by atoms with E-state index in [2.05, 4.69) is 0 Å². The normalized spacial score (nSPS) is 10.7. The second kappa shape index (κ2) is 6.54. The molecule has 0 heterocycles. The molecule has 6 heteroatoms. The molecule has 1 amide bonds. The number of benzene rings is 1. The van der Waals surface area contributed by atoms with Gasteiger partial charge in [0.05, 0.1) is 6.54 Å². The van der Waals surface area contributed by atoms with Gasteiger partial charge >= 0.3 is 0 Å². The van der Waals surface area contributed by atoms with Crippen molar-refractivity contribution in [3.8, 4) is 5.75 Å². The van der Waals surface area contributed by atoms with Crippen molar-refractivity contribution in [1.82, 2.24) is 4.90 Å². The monoisotopic (exact) mass is 277 g/mol. The van der Waals surface area contributed by atoms with Crippen LogP contribution >= 0.6 is 11.6 Å². The summed E-state index contributed by atoms with van der Waals surface area (Å²) in [5.74, 6) is -0.362. The summed E-state index contributed by atoms with van der Waals surface area (Å²) in [5.41, 5.74) is 0.778. The molecule has 0 aliphatic carbocycles. The predicted octanol–water partition coefficient (Wildman–Crippen LogP) is 2.65. The van der Waals surface area contributed by atoms with Gasteiger partial charge in [-0.25, -0.2) is 8.78 Å². The average molecular weight is 278 g/mol. The molecule has 0 saturated heterocycles. The summed E-state index contributed by atoms with van der Waals surface area (Å²) in [6.45, 7) is 1.04. The summed E-state index contributed by atoms with van der Waals surface area (Å²) in [6.07, 6.45) is -2.60. The number of nitrogens with zero attached hydrogens (tertiary/aromatic N) is 1. The highest BCUT2D eigenvalue weighted by Crippen LogP contribution is 2.18. The van der Waals surface area contributed by atoms with Gasteiger partial charge in [0.2, 0.25) is 0 Å². The molecule has 1 rings (SSSR count). The lowest BCUT2D eigenvalue weighted by Gasteiger charge is -2.21. The first-order chi connectivity index (χ1) is 8.45. The smallest absolute Gasteiger partial charge is 0.255 e.